The molecule has 0 spiro atoms. The van der Waals surface area contributed by atoms with Crippen molar-refractivity contribution < 1.29 is 80.6 Å². The van der Waals surface area contributed by atoms with E-state index in [1.807, 2.05) is 19.1 Å². The van der Waals surface area contributed by atoms with Crippen LogP contribution in [0.1, 0.15) is 5.56 Å². The van der Waals surface area contributed by atoms with Crippen LogP contribution >= 0.6 is 27.9 Å². The van der Waals surface area contributed by atoms with Gasteiger partial charge in [-0.05, 0) is 43.3 Å². The molecule has 0 radical (unpaired) electrons. The Bertz CT molecular complexity index is 661. The van der Waals surface area contributed by atoms with Crippen molar-refractivity contribution in [2.24, 2.45) is 0 Å². The zero-order valence-electron chi connectivity index (χ0n) is 15.8. The minimum absolute atomic E-state index is 0. The first-order chi connectivity index (χ1) is 13.7. The third-order valence-corrected chi connectivity index (χ3v) is 2.58. The molecule has 3 aromatic rings. The minimum Gasteiger partial charge on any atom is 0 e. The summed E-state index contributed by atoms with van der Waals surface area (Å²) in [5.74, 6) is 0.958. The van der Waals surface area contributed by atoms with E-state index in [0.717, 1.165) is 20.4 Å². The molecule has 0 aromatic heterocycles. The molecule has 0 aliphatic rings. The van der Waals surface area contributed by atoms with Gasteiger partial charge in [0.15, 0.2) is 0 Å². The van der Waals surface area contributed by atoms with Crippen LogP contribution in [0, 0.1) is 13.0 Å². The summed E-state index contributed by atoms with van der Waals surface area (Å²) < 4.78 is 8.25. The summed E-state index contributed by atoms with van der Waals surface area (Å²) in [6, 6.07) is 22.1. The molecule has 0 aliphatic carbocycles. The van der Waals surface area contributed by atoms with Gasteiger partial charge in [0.25, 0.3) is 0 Å². The Hall–Kier alpha value is -0.327. The average Bonchev–Trinajstić information content (AvgIpc) is 2.69. The third-order valence-electron chi connectivity index (χ3n) is 2.58. The van der Waals surface area contributed by atoms with Crippen LogP contribution in [0.15, 0.2) is 72.8 Å². The van der Waals surface area contributed by atoms with E-state index in [1.54, 1.807) is 36.4 Å². The fourth-order valence-electron chi connectivity index (χ4n) is 1.38. The molecule has 30 heavy (non-hydrogen) atoms. The van der Waals surface area contributed by atoms with Gasteiger partial charge in [-0.25, -0.2) is 0 Å². The smallest absolute Gasteiger partial charge is 0 e. The van der Waals surface area contributed by atoms with Crippen LogP contribution in [0.5, 0.6) is 23.0 Å². The summed E-state index contributed by atoms with van der Waals surface area (Å²) in [6.45, 7) is 1.99. The molecule has 0 atom stereocenters. The number of rotatable bonds is 0. The maximum absolute atomic E-state index is 8.76. The normalized spacial score (nSPS) is 7.93. The first kappa shape index (κ1) is 34.3. The van der Waals surface area contributed by atoms with E-state index in [-0.39, 0.29) is 33.2 Å². The van der Waals surface area contributed by atoms with E-state index in [9.17, 15) is 0 Å². The summed E-state index contributed by atoms with van der Waals surface area (Å²) in [5.41, 5.74) is 1.17. The molecular weight excluding hydrogens is 558 g/mol. The molecular formula is C19H19Cl3O5Ti3. The van der Waals surface area contributed by atoms with E-state index in [0.29, 0.717) is 11.5 Å². The van der Waals surface area contributed by atoms with Gasteiger partial charge in [-0.2, -0.15) is 18.2 Å². The van der Waals surface area contributed by atoms with Gasteiger partial charge in [0, 0.05) is 27.5 Å². The Morgan fingerprint density at radius 1 is 0.667 bits per heavy atom. The molecule has 0 saturated carbocycles. The predicted octanol–water partition coefficient (Wildman–Crippen LogP) is 5.93. The van der Waals surface area contributed by atoms with E-state index < -0.39 is 14.7 Å². The second-order valence-electron chi connectivity index (χ2n) is 4.82. The van der Waals surface area contributed by atoms with Crippen LogP contribution in [0.2, 0.25) is 0 Å². The molecule has 3 rings (SSSR count). The molecule has 0 bridgehead atoms. The van der Waals surface area contributed by atoms with Crippen LogP contribution in [-0.2, 0) is 60.1 Å². The molecule has 0 fully saturated rings. The first-order valence-electron chi connectivity index (χ1n) is 7.63. The summed E-state index contributed by atoms with van der Waals surface area (Å²) in [6.07, 6.45) is 0. The predicted molar refractivity (Wildman–Crippen MR) is 108 cm³/mol. The molecule has 5 nitrogen and oxygen atoms in total. The Kier molecular flexibility index (Phi) is 26.7. The number of hydrogen-bond donors (Lipinski definition) is 4. The molecule has 0 amide bonds. The minimum atomic E-state index is -1.92. The van der Waals surface area contributed by atoms with E-state index >= 15 is 0 Å². The zero-order chi connectivity index (χ0) is 22.7. The van der Waals surface area contributed by atoms with Gasteiger partial charge in [-0.3, -0.25) is 0 Å². The molecule has 3 aromatic carbocycles. The third kappa shape index (κ3) is 25.7. The number of phenolic OH excluding ortho intramolecular Hbond substituents is 4. The van der Waals surface area contributed by atoms with E-state index in [1.165, 1.54) is 29.8 Å². The number of hydrogen-bond acceptors (Lipinski definition) is 5. The molecule has 0 saturated heterocycles. The van der Waals surface area contributed by atoms with Crippen molar-refractivity contribution >= 4 is 27.9 Å². The monoisotopic (exact) mass is 576 g/mol. The van der Waals surface area contributed by atoms with Gasteiger partial charge >= 0.3 is 66.3 Å². The van der Waals surface area contributed by atoms with Crippen LogP contribution in [0.4, 0.5) is 0 Å². The van der Waals surface area contributed by atoms with Crippen molar-refractivity contribution in [1.29, 1.82) is 0 Å². The van der Waals surface area contributed by atoms with Gasteiger partial charge in [0.05, 0.1) is 0 Å². The van der Waals surface area contributed by atoms with Gasteiger partial charge < -0.3 is 20.4 Å². The summed E-state index contributed by atoms with van der Waals surface area (Å²) in [4.78, 5) is 0. The largest absolute Gasteiger partial charge is 0 e. The van der Waals surface area contributed by atoms with Crippen LogP contribution in [-0.4, -0.2) is 20.4 Å². The van der Waals surface area contributed by atoms with Crippen molar-refractivity contribution in [2.45, 2.75) is 6.92 Å². The number of halogens is 3. The molecule has 0 aliphatic heterocycles. The molecule has 0 unspecified atom stereocenters. The summed E-state index contributed by atoms with van der Waals surface area (Å²) in [5, 5.41) is 34.7. The van der Waals surface area contributed by atoms with Gasteiger partial charge in [-0.15, -0.1) is 12.1 Å². The quantitative estimate of drug-likeness (QED) is 0.151. The number of aryl methyl sites for hydroxylation is 1. The van der Waals surface area contributed by atoms with Crippen molar-refractivity contribution in [3.63, 3.8) is 0 Å². The van der Waals surface area contributed by atoms with Crippen molar-refractivity contribution in [2.75, 3.05) is 0 Å². The zero-order valence-corrected chi connectivity index (χ0v) is 22.7. The van der Waals surface area contributed by atoms with Gasteiger partial charge in [0.1, 0.15) is 17.2 Å². The Morgan fingerprint density at radius 3 is 1.10 bits per heavy atom. The second-order valence-corrected chi connectivity index (χ2v) is 12.6. The van der Waals surface area contributed by atoms with Gasteiger partial charge in [-0.1, -0.05) is 17.7 Å². The summed E-state index contributed by atoms with van der Waals surface area (Å²) >= 11 is -1.17. The van der Waals surface area contributed by atoms with E-state index in [2.05, 4.69) is 6.07 Å². The van der Waals surface area contributed by atoms with Crippen molar-refractivity contribution in [1.82, 2.24) is 0 Å². The SMILES string of the molecule is Cc1ccc(O)cc1.Oc1cc[c-]cc1.Oc1ccc(O)cc1.[Cl][Ti]([Cl])[Cl].[O]=[Ti+].[Ti]. The van der Waals surface area contributed by atoms with E-state index in [4.69, 9.17) is 51.7 Å². The standard InChI is InChI=1S/C7H8O.C6H6O2.C6H5O.3ClH.O.3Ti/c1-6-2-4-7(8)5-3-6;7-5-1-2-6(8)4-3-5;7-6-4-2-1-3-5-6;;;;;;;/h2-5,8H,1H3;1-4,7-8H;2-5,7H;3*1H;;;;/q;;-1;;;;;;+1;+3/p-3. The number of benzene rings is 3. The Morgan fingerprint density at radius 2 is 0.900 bits per heavy atom. The molecule has 0 heterocycles. The van der Waals surface area contributed by atoms with Gasteiger partial charge in [0.2, 0.25) is 0 Å². The Labute approximate surface area is 220 Å². The fraction of sp³-hybridized carbons (Fsp3) is 0.0526. The van der Waals surface area contributed by atoms with Crippen molar-refractivity contribution in [3.8, 4) is 23.0 Å². The maximum atomic E-state index is 8.76. The summed E-state index contributed by atoms with van der Waals surface area (Å²) in [7, 11) is 14.9. The molecule has 4 N–H and O–H groups in total. The number of aromatic hydroxyl groups is 4. The fourth-order valence-corrected chi connectivity index (χ4v) is 1.38. The second kappa shape index (κ2) is 23.3. The molecule has 11 heteroatoms. The average molecular weight is 577 g/mol. The van der Waals surface area contributed by atoms with Crippen molar-refractivity contribution in [3.05, 3.63) is 84.4 Å². The molecule has 158 valence electrons. The van der Waals surface area contributed by atoms with Crippen LogP contribution in [0.25, 0.3) is 0 Å². The topological polar surface area (TPSA) is 98.0 Å². The van der Waals surface area contributed by atoms with Crippen LogP contribution in [0.3, 0.4) is 0 Å². The first-order valence-corrected chi connectivity index (χ1v) is 14.7. The Balaban J connectivity index is -0.000000319. The maximum Gasteiger partial charge on any atom is 0 e. The van der Waals surface area contributed by atoms with Crippen LogP contribution < -0.4 is 0 Å². The number of phenols is 4.